The summed E-state index contributed by atoms with van der Waals surface area (Å²) in [6.45, 7) is 4.09. The van der Waals surface area contributed by atoms with Crippen LogP contribution in [0.3, 0.4) is 0 Å². The van der Waals surface area contributed by atoms with Crippen molar-refractivity contribution in [2.45, 2.75) is 32.2 Å². The lowest BCUT2D eigenvalue weighted by molar-refractivity contribution is 0.391. The second-order valence-corrected chi connectivity index (χ2v) is 3.32. The Morgan fingerprint density at radius 2 is 2.29 bits per heavy atom. The molecule has 0 aliphatic carbocycles. The van der Waals surface area contributed by atoms with Gasteiger partial charge < -0.3 is 10.5 Å². The van der Waals surface area contributed by atoms with Crippen LogP contribution in [0.15, 0.2) is 12.3 Å². The summed E-state index contributed by atoms with van der Waals surface area (Å²) >= 11 is 0. The molecule has 14 heavy (non-hydrogen) atoms. The van der Waals surface area contributed by atoms with Crippen molar-refractivity contribution in [3.05, 3.63) is 18.1 Å². The van der Waals surface area contributed by atoms with Crippen molar-refractivity contribution in [2.75, 3.05) is 7.11 Å². The SMILES string of the molecule is CCC(N)C(C)c1nccc(OC)n1. The number of nitrogens with zero attached hydrogens (tertiary/aromatic N) is 2. The van der Waals surface area contributed by atoms with E-state index < -0.39 is 0 Å². The molecule has 0 spiro atoms. The zero-order valence-corrected chi connectivity index (χ0v) is 8.90. The molecule has 0 aliphatic rings. The van der Waals surface area contributed by atoms with Crippen molar-refractivity contribution in [1.29, 1.82) is 0 Å². The van der Waals surface area contributed by atoms with Gasteiger partial charge in [-0.3, -0.25) is 0 Å². The lowest BCUT2D eigenvalue weighted by atomic mass is 10.00. The molecule has 4 heteroatoms. The number of methoxy groups -OCH3 is 1. The summed E-state index contributed by atoms with van der Waals surface area (Å²) in [6, 6.07) is 1.83. The molecular weight excluding hydrogens is 178 g/mol. The lowest BCUT2D eigenvalue weighted by Gasteiger charge is -2.16. The molecule has 1 heterocycles. The Morgan fingerprint density at radius 3 is 2.86 bits per heavy atom. The van der Waals surface area contributed by atoms with Crippen LogP contribution in [0.1, 0.15) is 32.0 Å². The van der Waals surface area contributed by atoms with Gasteiger partial charge >= 0.3 is 0 Å². The Hall–Kier alpha value is -1.16. The first-order valence-electron chi connectivity index (χ1n) is 4.81. The fraction of sp³-hybridized carbons (Fsp3) is 0.600. The summed E-state index contributed by atoms with van der Waals surface area (Å²) in [5.74, 6) is 1.50. The van der Waals surface area contributed by atoms with E-state index in [0.29, 0.717) is 5.88 Å². The zero-order chi connectivity index (χ0) is 10.6. The highest BCUT2D eigenvalue weighted by atomic mass is 16.5. The van der Waals surface area contributed by atoms with E-state index in [1.807, 2.05) is 6.92 Å². The van der Waals surface area contributed by atoms with Gasteiger partial charge in [0, 0.05) is 24.2 Å². The monoisotopic (exact) mass is 195 g/mol. The summed E-state index contributed by atoms with van der Waals surface area (Å²) in [7, 11) is 1.59. The van der Waals surface area contributed by atoms with E-state index in [2.05, 4.69) is 16.9 Å². The molecule has 1 aromatic heterocycles. The average molecular weight is 195 g/mol. The summed E-state index contributed by atoms with van der Waals surface area (Å²) in [6.07, 6.45) is 2.61. The number of aromatic nitrogens is 2. The van der Waals surface area contributed by atoms with Gasteiger partial charge in [0.2, 0.25) is 5.88 Å². The van der Waals surface area contributed by atoms with Crippen LogP contribution in [-0.4, -0.2) is 23.1 Å². The standard InChI is InChI=1S/C10H17N3O/c1-4-8(11)7(2)10-12-6-5-9(13-10)14-3/h5-8H,4,11H2,1-3H3. The van der Waals surface area contributed by atoms with Gasteiger partial charge in [0.25, 0.3) is 0 Å². The Kier molecular flexibility index (Phi) is 3.83. The van der Waals surface area contributed by atoms with E-state index in [-0.39, 0.29) is 12.0 Å². The maximum atomic E-state index is 5.92. The maximum absolute atomic E-state index is 5.92. The van der Waals surface area contributed by atoms with Crippen LogP contribution in [0.5, 0.6) is 5.88 Å². The molecule has 0 fully saturated rings. The van der Waals surface area contributed by atoms with Crippen molar-refractivity contribution >= 4 is 0 Å². The Balaban J connectivity index is 2.83. The molecule has 0 saturated carbocycles. The fourth-order valence-electron chi connectivity index (χ4n) is 1.23. The van der Waals surface area contributed by atoms with E-state index in [1.54, 1.807) is 19.4 Å². The molecule has 78 valence electrons. The molecule has 0 saturated heterocycles. The molecule has 4 nitrogen and oxygen atoms in total. The lowest BCUT2D eigenvalue weighted by Crippen LogP contribution is -2.26. The van der Waals surface area contributed by atoms with Crippen molar-refractivity contribution in [3.8, 4) is 5.88 Å². The molecule has 0 bridgehead atoms. The average Bonchev–Trinajstić information content (AvgIpc) is 2.27. The maximum Gasteiger partial charge on any atom is 0.216 e. The third-order valence-corrected chi connectivity index (χ3v) is 2.38. The van der Waals surface area contributed by atoms with Crippen LogP contribution in [-0.2, 0) is 0 Å². The second-order valence-electron chi connectivity index (χ2n) is 3.32. The minimum Gasteiger partial charge on any atom is -0.481 e. The summed E-state index contributed by atoms with van der Waals surface area (Å²) in [5.41, 5.74) is 5.92. The molecule has 0 radical (unpaired) electrons. The highest BCUT2D eigenvalue weighted by molar-refractivity contribution is 5.11. The minimum absolute atomic E-state index is 0.0992. The van der Waals surface area contributed by atoms with Crippen molar-refractivity contribution in [2.24, 2.45) is 5.73 Å². The third-order valence-electron chi connectivity index (χ3n) is 2.38. The number of hydrogen-bond donors (Lipinski definition) is 1. The van der Waals surface area contributed by atoms with E-state index >= 15 is 0 Å². The van der Waals surface area contributed by atoms with Gasteiger partial charge in [-0.2, -0.15) is 4.98 Å². The highest BCUT2D eigenvalue weighted by Crippen LogP contribution is 2.17. The fourth-order valence-corrected chi connectivity index (χ4v) is 1.23. The largest absolute Gasteiger partial charge is 0.481 e. The highest BCUT2D eigenvalue weighted by Gasteiger charge is 2.16. The topological polar surface area (TPSA) is 61.0 Å². The van der Waals surface area contributed by atoms with Crippen LogP contribution < -0.4 is 10.5 Å². The minimum atomic E-state index is 0.0992. The van der Waals surface area contributed by atoms with Gasteiger partial charge in [-0.05, 0) is 6.42 Å². The van der Waals surface area contributed by atoms with Crippen LogP contribution in [0.4, 0.5) is 0 Å². The molecule has 2 unspecified atom stereocenters. The number of nitrogens with two attached hydrogens (primary N) is 1. The van der Waals surface area contributed by atoms with E-state index in [1.165, 1.54) is 0 Å². The predicted molar refractivity (Wildman–Crippen MR) is 55.3 cm³/mol. The van der Waals surface area contributed by atoms with Gasteiger partial charge in [0.15, 0.2) is 0 Å². The number of ether oxygens (including phenoxy) is 1. The molecule has 2 atom stereocenters. The molecule has 2 N–H and O–H groups in total. The van der Waals surface area contributed by atoms with Crippen molar-refractivity contribution in [1.82, 2.24) is 9.97 Å². The molecule has 1 aromatic rings. The van der Waals surface area contributed by atoms with Crippen LogP contribution >= 0.6 is 0 Å². The quantitative estimate of drug-likeness (QED) is 0.787. The molecule has 0 amide bonds. The first-order chi connectivity index (χ1) is 6.69. The van der Waals surface area contributed by atoms with Crippen LogP contribution in [0.2, 0.25) is 0 Å². The first-order valence-corrected chi connectivity index (χ1v) is 4.81. The third kappa shape index (κ3) is 2.42. The first kappa shape index (κ1) is 10.9. The molecule has 0 aromatic carbocycles. The van der Waals surface area contributed by atoms with Crippen LogP contribution in [0, 0.1) is 0 Å². The summed E-state index contributed by atoms with van der Waals surface area (Å²) in [4.78, 5) is 8.43. The molecular formula is C10H17N3O. The van der Waals surface area contributed by atoms with Crippen molar-refractivity contribution in [3.63, 3.8) is 0 Å². The summed E-state index contributed by atoms with van der Waals surface area (Å²) in [5, 5.41) is 0. The van der Waals surface area contributed by atoms with E-state index in [9.17, 15) is 0 Å². The Bertz CT molecular complexity index is 290. The van der Waals surface area contributed by atoms with Gasteiger partial charge in [0.1, 0.15) is 5.82 Å². The predicted octanol–water partition coefficient (Wildman–Crippen LogP) is 1.33. The van der Waals surface area contributed by atoms with Gasteiger partial charge in [-0.1, -0.05) is 13.8 Å². The van der Waals surface area contributed by atoms with E-state index in [0.717, 1.165) is 12.2 Å². The Morgan fingerprint density at radius 1 is 1.57 bits per heavy atom. The van der Waals surface area contributed by atoms with Gasteiger partial charge in [0.05, 0.1) is 7.11 Å². The number of hydrogen-bond acceptors (Lipinski definition) is 4. The normalized spacial score (nSPS) is 14.9. The molecule has 1 rings (SSSR count). The zero-order valence-electron chi connectivity index (χ0n) is 8.90. The second kappa shape index (κ2) is 4.91. The van der Waals surface area contributed by atoms with Gasteiger partial charge in [-0.25, -0.2) is 4.98 Å². The van der Waals surface area contributed by atoms with Crippen molar-refractivity contribution < 1.29 is 4.74 Å². The smallest absolute Gasteiger partial charge is 0.216 e. The summed E-state index contributed by atoms with van der Waals surface area (Å²) < 4.78 is 5.03. The number of rotatable bonds is 4. The molecule has 0 aliphatic heterocycles. The van der Waals surface area contributed by atoms with Crippen LogP contribution in [0.25, 0.3) is 0 Å². The van der Waals surface area contributed by atoms with Gasteiger partial charge in [-0.15, -0.1) is 0 Å². The Labute approximate surface area is 84.5 Å². The van der Waals surface area contributed by atoms with E-state index in [4.69, 9.17) is 10.5 Å².